The van der Waals surface area contributed by atoms with Crippen molar-refractivity contribution in [3.05, 3.63) is 303 Å². The van der Waals surface area contributed by atoms with Gasteiger partial charge in [0.15, 0.2) is 0 Å². The molecule has 4 aliphatic carbocycles. The summed E-state index contributed by atoms with van der Waals surface area (Å²) in [6.45, 7) is 43.5. The van der Waals surface area contributed by atoms with Gasteiger partial charge in [0.05, 0.1) is 22.7 Å². The van der Waals surface area contributed by atoms with Crippen molar-refractivity contribution in [1.29, 1.82) is 0 Å². The first-order valence-electron chi connectivity index (χ1n) is 41.4. The largest absolute Gasteiger partial charge is 0.354 e. The van der Waals surface area contributed by atoms with Crippen LogP contribution >= 0.6 is 0 Å². The van der Waals surface area contributed by atoms with Crippen molar-refractivity contribution in [2.75, 3.05) is 21.3 Å². The van der Waals surface area contributed by atoms with E-state index in [-0.39, 0.29) is 69.0 Å². The van der Waals surface area contributed by atoms with Crippen molar-refractivity contribution in [3.63, 3.8) is 0 Å². The standard InChI is InChI=1S/C104H108N8O4/c1-53-35-57(5)87(58(6)36-53)65-43-66(88-59(7)37-54(2)38-60(88)8)46-69(45-65)91-79-27-31-83(105-79)95(93-75(109-97(113)71-49-101(71,13)14)23-21-24-76(93)110-98(114)72-50-102(72,15)16)85-33-29-81(107-85)92(70-47-67(89-61(9)39-55(3)40-62(89)10)44-68(48-70)90-63(11)41-56(4)42-64(90)12)82-30-34-86(108-82)96(84-32-28-80(91)106-84)94-77(111-99(115)73-51-103(73,17)18)25-22-26-78(94)112-100(116)74-52-104(74,19)20/h21-48,71-74,105-108H,49-52H2,1-20H3,(H,109,113)(H,110,114)(H,111,115)(H,112,116). The van der Waals surface area contributed by atoms with Gasteiger partial charge in [0, 0.05) is 101 Å². The number of aromatic amines is 4. The Balaban J connectivity index is 1.03. The van der Waals surface area contributed by atoms with Crippen LogP contribution in [0.2, 0.25) is 0 Å². The van der Waals surface area contributed by atoms with Crippen molar-refractivity contribution >= 4 is 68.7 Å². The van der Waals surface area contributed by atoms with Crippen LogP contribution in [0.5, 0.6) is 0 Å². The monoisotopic (exact) mass is 1530 g/mol. The minimum Gasteiger partial charge on any atom is -0.354 e. The molecule has 116 heavy (non-hydrogen) atoms. The highest BCUT2D eigenvalue weighted by molar-refractivity contribution is 6.07. The first kappa shape index (κ1) is 76.8. The van der Waals surface area contributed by atoms with Gasteiger partial charge in [-0.15, -0.1) is 0 Å². The smallest absolute Gasteiger partial charge is 0.228 e. The summed E-state index contributed by atoms with van der Waals surface area (Å²) < 4.78 is 0. The molecule has 0 radical (unpaired) electrons. The Bertz CT molecular complexity index is 5760. The summed E-state index contributed by atoms with van der Waals surface area (Å²) in [7, 11) is 0. The van der Waals surface area contributed by atoms with Crippen molar-refractivity contribution in [3.8, 4) is 44.5 Å². The van der Waals surface area contributed by atoms with Crippen LogP contribution in [0.4, 0.5) is 22.7 Å². The van der Waals surface area contributed by atoms with E-state index < -0.39 is 0 Å². The molecule has 4 aromatic heterocycles. The van der Waals surface area contributed by atoms with Gasteiger partial charge in [0.25, 0.3) is 0 Å². The van der Waals surface area contributed by atoms with Gasteiger partial charge in [0.2, 0.25) is 23.6 Å². The maximum absolute atomic E-state index is 15.0. The summed E-state index contributed by atoms with van der Waals surface area (Å²) >= 11 is 0. The van der Waals surface area contributed by atoms with Crippen molar-refractivity contribution in [2.24, 2.45) is 45.3 Å². The molecular weight excluding hydrogens is 1430 g/mol. The van der Waals surface area contributed by atoms with E-state index in [2.05, 4.69) is 313 Å². The van der Waals surface area contributed by atoms with Gasteiger partial charge in [-0.1, -0.05) is 138 Å². The third-order valence-corrected chi connectivity index (χ3v) is 26.2. The number of aromatic nitrogens is 4. The molecule has 0 saturated heterocycles. The van der Waals surface area contributed by atoms with Crippen molar-refractivity contribution in [1.82, 2.24) is 19.9 Å². The van der Waals surface area contributed by atoms with Crippen LogP contribution in [0.1, 0.15) is 193 Å². The minimum atomic E-state index is -0.218. The highest BCUT2D eigenvalue weighted by atomic mass is 16.2. The molecule has 5 heterocycles. The van der Waals surface area contributed by atoms with E-state index in [9.17, 15) is 19.2 Å². The molecule has 12 aromatic rings. The van der Waals surface area contributed by atoms with Gasteiger partial charge < -0.3 is 41.2 Å². The van der Waals surface area contributed by atoms with Crippen LogP contribution in [0.15, 0.2) is 170 Å². The molecule has 4 amide bonds. The molecule has 8 aromatic carbocycles. The van der Waals surface area contributed by atoms with Gasteiger partial charge in [-0.3, -0.25) is 19.2 Å². The highest BCUT2D eigenvalue weighted by Gasteiger charge is 2.54. The maximum atomic E-state index is 15.0. The maximum Gasteiger partial charge on any atom is 0.228 e. The Kier molecular flexibility index (Phi) is 18.6. The molecule has 8 bridgehead atoms. The number of nitrogens with one attached hydrogen (secondary N) is 8. The second kappa shape index (κ2) is 28.0. The molecule has 4 fully saturated rings. The number of carbonyl (C=O) groups is 4. The number of hydrogen-bond acceptors (Lipinski definition) is 4. The zero-order chi connectivity index (χ0) is 82.0. The summed E-state index contributed by atoms with van der Waals surface area (Å²) in [5.74, 6) is -1.19. The molecule has 4 atom stereocenters. The van der Waals surface area contributed by atoms with Crippen LogP contribution in [0, 0.1) is 128 Å². The number of H-pyrrole nitrogens is 4. The summed E-state index contributed by atoms with van der Waals surface area (Å²) in [4.78, 5) is 76.6. The topological polar surface area (TPSA) is 180 Å². The number of amides is 4. The molecular formula is C104H108N8O4. The Morgan fingerprint density at radius 3 is 0.672 bits per heavy atom. The fourth-order valence-electron chi connectivity index (χ4n) is 19.7. The number of anilines is 4. The molecule has 588 valence electrons. The van der Waals surface area contributed by atoms with Gasteiger partial charge in [-0.25, -0.2) is 0 Å². The number of carbonyl (C=O) groups excluding carboxylic acids is 4. The Hall–Kier alpha value is -11.8. The third-order valence-electron chi connectivity index (χ3n) is 26.2. The minimum absolute atomic E-state index is 0.0791. The van der Waals surface area contributed by atoms with Crippen LogP contribution in [-0.2, 0) is 19.2 Å². The molecule has 1 aliphatic heterocycles. The van der Waals surface area contributed by atoms with E-state index in [4.69, 9.17) is 0 Å². The van der Waals surface area contributed by atoms with E-state index in [0.29, 0.717) is 56.0 Å². The zero-order valence-corrected chi connectivity index (χ0v) is 70.9. The predicted octanol–water partition coefficient (Wildman–Crippen LogP) is 20.6. The predicted molar refractivity (Wildman–Crippen MR) is 475 cm³/mol. The number of hydrogen-bond donors (Lipinski definition) is 8. The van der Waals surface area contributed by atoms with Crippen molar-refractivity contribution < 1.29 is 19.2 Å². The fraction of sp³-hybridized carbons (Fsp3) is 0.308. The Morgan fingerprint density at radius 2 is 0.457 bits per heavy atom. The SMILES string of the molecule is Cc1cc(C)c(-c2cc(C3=c4ccc([nH]4)=C(c4c(NC(=O)C5CC5(C)C)cccc4NC(=O)C4CC4(C)C)c4ccc([nH]4)C(c4cc(-c5c(C)cc(C)cc5C)cc(-c5c(C)cc(C)cc5C)c4)=c4ccc([nH]4)=C(c4c(NC(=O)C5CC5(C)C)cccc4NC(=O)C4CC4(C)C)c4ccc3[nH]4)cc(-c3c(C)cc(C)cc3C)c2)c(C)c1. The number of fused-ring (bicyclic) bond motifs is 8. The van der Waals surface area contributed by atoms with E-state index >= 15 is 0 Å². The molecule has 8 N–H and O–H groups in total. The van der Waals surface area contributed by atoms with E-state index in [1.165, 1.54) is 66.8 Å². The van der Waals surface area contributed by atoms with Crippen LogP contribution in [0.25, 0.3) is 66.8 Å². The zero-order valence-electron chi connectivity index (χ0n) is 70.9. The Morgan fingerprint density at radius 1 is 0.259 bits per heavy atom. The first-order chi connectivity index (χ1) is 55.0. The highest BCUT2D eigenvalue weighted by Crippen LogP contribution is 2.56. The lowest BCUT2D eigenvalue weighted by Gasteiger charge is -2.20. The number of benzene rings is 8. The lowest BCUT2D eigenvalue weighted by molar-refractivity contribution is -0.118. The summed E-state index contributed by atoms with van der Waals surface area (Å²) in [5, 5.41) is 16.9. The second-order valence-electron chi connectivity index (χ2n) is 37.7. The van der Waals surface area contributed by atoms with Gasteiger partial charge >= 0.3 is 0 Å². The lowest BCUT2D eigenvalue weighted by Crippen LogP contribution is -2.23. The molecule has 12 heteroatoms. The van der Waals surface area contributed by atoms with E-state index in [0.717, 1.165) is 126 Å². The van der Waals surface area contributed by atoms with Crippen LogP contribution < -0.4 is 42.7 Å². The molecule has 17 rings (SSSR count). The summed E-state index contributed by atoms with van der Waals surface area (Å²) in [6.07, 6.45) is 2.99. The van der Waals surface area contributed by atoms with Gasteiger partial charge in [-0.2, -0.15) is 0 Å². The molecule has 4 saturated carbocycles. The number of rotatable bonds is 16. The average Bonchev–Trinajstić information content (AvgIpc) is 1.69. The first-order valence-corrected chi connectivity index (χ1v) is 41.4. The Labute approximate surface area is 682 Å². The average molecular weight is 1530 g/mol. The number of aryl methyl sites for hydroxylation is 12. The quantitative estimate of drug-likeness (QED) is 0.0480. The second-order valence-corrected chi connectivity index (χ2v) is 37.7. The summed E-state index contributed by atoms with van der Waals surface area (Å²) in [6, 6.07) is 61.2. The van der Waals surface area contributed by atoms with Crippen molar-refractivity contribution in [2.45, 2.75) is 164 Å². The summed E-state index contributed by atoms with van der Waals surface area (Å²) in [5.41, 5.74) is 33.7. The molecule has 5 aliphatic rings. The third kappa shape index (κ3) is 14.1. The molecule has 4 unspecified atom stereocenters. The molecule has 12 nitrogen and oxygen atoms in total. The molecule has 0 spiro atoms. The van der Waals surface area contributed by atoms with Crippen LogP contribution in [0.3, 0.4) is 0 Å². The van der Waals surface area contributed by atoms with E-state index in [1.54, 1.807) is 0 Å². The van der Waals surface area contributed by atoms with Gasteiger partial charge in [-0.05, 0) is 340 Å². The fourth-order valence-corrected chi connectivity index (χ4v) is 19.7. The lowest BCUT2D eigenvalue weighted by atomic mass is 9.86. The van der Waals surface area contributed by atoms with E-state index in [1.807, 2.05) is 36.4 Å². The normalized spacial score (nSPS) is 18.4. The van der Waals surface area contributed by atoms with Crippen LogP contribution in [-0.4, -0.2) is 43.6 Å². The van der Waals surface area contributed by atoms with Gasteiger partial charge in [0.1, 0.15) is 0 Å².